The lowest BCUT2D eigenvalue weighted by atomic mass is 10.1. The van der Waals surface area contributed by atoms with E-state index < -0.39 is 8.80 Å². The first kappa shape index (κ1) is 20.1. The molecule has 0 radical (unpaired) electrons. The second kappa shape index (κ2) is 14.0. The molecule has 0 aliphatic carbocycles. The van der Waals surface area contributed by atoms with Gasteiger partial charge < -0.3 is 18.0 Å². The van der Waals surface area contributed by atoms with Gasteiger partial charge in [-0.15, -0.1) is 0 Å². The van der Waals surface area contributed by atoms with E-state index in [9.17, 15) is 0 Å². The molecule has 0 aromatic rings. The topological polar surface area (TPSA) is 36.9 Å². The molecule has 0 bridgehead atoms. The highest BCUT2D eigenvalue weighted by Crippen LogP contribution is 2.18. The van der Waals surface area contributed by atoms with E-state index in [1.165, 1.54) is 44.9 Å². The Labute approximate surface area is 126 Å². The molecule has 5 heteroatoms. The Morgan fingerprint density at radius 1 is 0.650 bits per heavy atom. The fourth-order valence-corrected chi connectivity index (χ4v) is 3.95. The summed E-state index contributed by atoms with van der Waals surface area (Å²) in [5.74, 6) is 0. The van der Waals surface area contributed by atoms with Crippen molar-refractivity contribution in [2.75, 3.05) is 34.5 Å². The van der Waals surface area contributed by atoms with Gasteiger partial charge in [0, 0.05) is 40.6 Å². The van der Waals surface area contributed by atoms with Gasteiger partial charge >= 0.3 is 8.80 Å². The van der Waals surface area contributed by atoms with E-state index in [-0.39, 0.29) is 0 Å². The standard InChI is InChI=1S/C15H34O4Si/c1-5-6-13-19-14-11-9-7-8-10-12-15-20(16-2,17-3)18-4/h5-15H2,1-4H3. The Bertz CT molecular complexity index is 190. The van der Waals surface area contributed by atoms with E-state index in [2.05, 4.69) is 6.92 Å². The van der Waals surface area contributed by atoms with Crippen LogP contribution in [0, 0.1) is 0 Å². The van der Waals surface area contributed by atoms with Gasteiger partial charge in [0.15, 0.2) is 0 Å². The number of ether oxygens (including phenoxy) is 1. The van der Waals surface area contributed by atoms with Crippen LogP contribution >= 0.6 is 0 Å². The monoisotopic (exact) mass is 306 g/mol. The zero-order valence-electron chi connectivity index (χ0n) is 13.9. The van der Waals surface area contributed by atoms with Crippen molar-refractivity contribution in [2.24, 2.45) is 0 Å². The highest BCUT2D eigenvalue weighted by Gasteiger charge is 2.36. The quantitative estimate of drug-likeness (QED) is 0.338. The SMILES string of the molecule is CCCCOCCCCCCCC[Si](OC)(OC)OC. The molecule has 0 heterocycles. The van der Waals surface area contributed by atoms with Crippen molar-refractivity contribution in [3.63, 3.8) is 0 Å². The number of unbranched alkanes of at least 4 members (excludes halogenated alkanes) is 6. The molecule has 0 aromatic heterocycles. The van der Waals surface area contributed by atoms with Crippen LogP contribution in [0.2, 0.25) is 6.04 Å². The first-order valence-corrected chi connectivity index (χ1v) is 9.91. The van der Waals surface area contributed by atoms with Gasteiger partial charge in [0.1, 0.15) is 0 Å². The van der Waals surface area contributed by atoms with Crippen molar-refractivity contribution in [3.05, 3.63) is 0 Å². The molecular formula is C15H34O4Si. The molecule has 20 heavy (non-hydrogen) atoms. The minimum absolute atomic E-state index is 0.913. The van der Waals surface area contributed by atoms with Gasteiger partial charge in [0.2, 0.25) is 0 Å². The summed E-state index contributed by atoms with van der Waals surface area (Å²) < 4.78 is 21.8. The zero-order chi connectivity index (χ0) is 15.1. The first-order valence-electron chi connectivity index (χ1n) is 7.98. The average Bonchev–Trinajstić information content (AvgIpc) is 2.49. The first-order chi connectivity index (χ1) is 9.74. The Balaban J connectivity index is 3.32. The van der Waals surface area contributed by atoms with Gasteiger partial charge in [-0.2, -0.15) is 0 Å². The predicted octanol–water partition coefficient (Wildman–Crippen LogP) is 4.02. The van der Waals surface area contributed by atoms with Crippen LogP contribution < -0.4 is 0 Å². The molecule has 4 nitrogen and oxygen atoms in total. The Morgan fingerprint density at radius 2 is 1.15 bits per heavy atom. The average molecular weight is 307 g/mol. The van der Waals surface area contributed by atoms with Gasteiger partial charge in [-0.3, -0.25) is 0 Å². The number of hydrogen-bond acceptors (Lipinski definition) is 4. The van der Waals surface area contributed by atoms with Crippen molar-refractivity contribution >= 4 is 8.80 Å². The van der Waals surface area contributed by atoms with Gasteiger partial charge in [-0.05, 0) is 19.3 Å². The molecule has 0 amide bonds. The molecule has 0 atom stereocenters. The number of hydrogen-bond donors (Lipinski definition) is 0. The molecule has 0 N–H and O–H groups in total. The highest BCUT2D eigenvalue weighted by atomic mass is 28.4. The normalized spacial score (nSPS) is 12.0. The Hall–Kier alpha value is 0.0569. The van der Waals surface area contributed by atoms with Gasteiger partial charge in [0.05, 0.1) is 0 Å². The van der Waals surface area contributed by atoms with Crippen molar-refractivity contribution in [1.29, 1.82) is 0 Å². The zero-order valence-corrected chi connectivity index (χ0v) is 14.9. The Morgan fingerprint density at radius 3 is 1.70 bits per heavy atom. The largest absolute Gasteiger partial charge is 0.500 e. The third kappa shape index (κ3) is 9.88. The minimum Gasteiger partial charge on any atom is -0.381 e. The van der Waals surface area contributed by atoms with E-state index in [0.717, 1.165) is 25.7 Å². The maximum Gasteiger partial charge on any atom is 0.500 e. The third-order valence-corrected chi connectivity index (χ3v) is 6.43. The van der Waals surface area contributed by atoms with Crippen LogP contribution in [0.25, 0.3) is 0 Å². The van der Waals surface area contributed by atoms with Crippen molar-refractivity contribution in [3.8, 4) is 0 Å². The molecule has 0 aromatic carbocycles. The van der Waals surface area contributed by atoms with Gasteiger partial charge in [0.25, 0.3) is 0 Å². The van der Waals surface area contributed by atoms with E-state index in [4.69, 9.17) is 18.0 Å². The maximum absolute atomic E-state index is 5.55. The smallest absolute Gasteiger partial charge is 0.381 e. The summed E-state index contributed by atoms with van der Waals surface area (Å²) in [7, 11) is 2.70. The molecule has 0 aliphatic rings. The highest BCUT2D eigenvalue weighted by molar-refractivity contribution is 6.60. The molecule has 0 fully saturated rings. The molecule has 122 valence electrons. The molecular weight excluding hydrogens is 272 g/mol. The van der Waals surface area contributed by atoms with Crippen molar-refractivity contribution in [1.82, 2.24) is 0 Å². The van der Waals surface area contributed by atoms with Crippen molar-refractivity contribution < 1.29 is 18.0 Å². The summed E-state index contributed by atoms with van der Waals surface area (Å²) in [5.41, 5.74) is 0. The second-order valence-electron chi connectivity index (χ2n) is 5.13. The molecule has 0 rings (SSSR count). The van der Waals surface area contributed by atoms with Crippen LogP contribution in [0.15, 0.2) is 0 Å². The summed E-state index contributed by atoms with van der Waals surface area (Å²) in [5, 5.41) is 0. The summed E-state index contributed by atoms with van der Waals surface area (Å²) in [6.07, 6.45) is 9.77. The van der Waals surface area contributed by atoms with Crippen molar-refractivity contribution in [2.45, 2.75) is 64.3 Å². The van der Waals surface area contributed by atoms with Crippen LogP contribution in [0.4, 0.5) is 0 Å². The van der Waals surface area contributed by atoms with Gasteiger partial charge in [-0.25, -0.2) is 0 Å². The fraction of sp³-hybridized carbons (Fsp3) is 1.00. The maximum atomic E-state index is 5.55. The lowest BCUT2D eigenvalue weighted by molar-refractivity contribution is 0.122. The molecule has 0 saturated carbocycles. The summed E-state index contributed by atoms with van der Waals surface area (Å²) in [4.78, 5) is 0. The van der Waals surface area contributed by atoms with Crippen LogP contribution in [0.3, 0.4) is 0 Å². The fourth-order valence-electron chi connectivity index (χ4n) is 2.16. The van der Waals surface area contributed by atoms with Crippen LogP contribution in [-0.4, -0.2) is 43.3 Å². The second-order valence-corrected chi connectivity index (χ2v) is 8.22. The van der Waals surface area contributed by atoms with Crippen LogP contribution in [0.5, 0.6) is 0 Å². The van der Waals surface area contributed by atoms with E-state index >= 15 is 0 Å². The van der Waals surface area contributed by atoms with E-state index in [1.807, 2.05) is 0 Å². The lowest BCUT2D eigenvalue weighted by Crippen LogP contribution is -2.42. The molecule has 0 unspecified atom stereocenters. The molecule has 0 spiro atoms. The van der Waals surface area contributed by atoms with E-state index in [0.29, 0.717) is 0 Å². The third-order valence-electron chi connectivity index (χ3n) is 3.60. The van der Waals surface area contributed by atoms with E-state index in [1.54, 1.807) is 21.3 Å². The Kier molecular flexibility index (Phi) is 14.1. The van der Waals surface area contributed by atoms with Gasteiger partial charge in [-0.1, -0.05) is 39.0 Å². The molecule has 0 aliphatic heterocycles. The summed E-state index contributed by atoms with van der Waals surface area (Å²) in [6, 6.07) is 0.913. The summed E-state index contributed by atoms with van der Waals surface area (Å²) in [6.45, 7) is 4.04. The van der Waals surface area contributed by atoms with Crippen LogP contribution in [0.1, 0.15) is 58.3 Å². The predicted molar refractivity (Wildman–Crippen MR) is 85.0 cm³/mol. The van der Waals surface area contributed by atoms with Crippen LogP contribution in [-0.2, 0) is 18.0 Å². The lowest BCUT2D eigenvalue weighted by Gasteiger charge is -2.24. The minimum atomic E-state index is -2.33. The summed E-state index contributed by atoms with van der Waals surface area (Å²) >= 11 is 0. The number of rotatable bonds is 15. The molecule has 0 saturated heterocycles.